The van der Waals surface area contributed by atoms with Crippen LogP contribution in [0.1, 0.15) is 0 Å². The van der Waals surface area contributed by atoms with Crippen LogP contribution >= 0.6 is 0 Å². The van der Waals surface area contributed by atoms with Crippen molar-refractivity contribution in [2.75, 3.05) is 13.2 Å². The van der Waals surface area contributed by atoms with Crippen LogP contribution in [0.3, 0.4) is 0 Å². The van der Waals surface area contributed by atoms with Crippen LogP contribution in [0.5, 0.6) is 0 Å². The second kappa shape index (κ2) is 3.46. The molecule has 5 heteroatoms. The van der Waals surface area contributed by atoms with E-state index in [1.54, 1.807) is 0 Å². The highest BCUT2D eigenvalue weighted by Crippen LogP contribution is 2.16. The van der Waals surface area contributed by atoms with Gasteiger partial charge in [0.05, 0.1) is 13.2 Å². The molecule has 0 aromatic carbocycles. The smallest absolute Gasteiger partial charge is 0.114 e. The van der Waals surface area contributed by atoms with Gasteiger partial charge in [-0.2, -0.15) is 0 Å². The zero-order valence-corrected chi connectivity index (χ0v) is 5.92. The lowest BCUT2D eigenvalue weighted by atomic mass is 10.1. The lowest BCUT2D eigenvalue weighted by molar-refractivity contribution is -0.0684. The molecule has 5 nitrogen and oxygen atoms in total. The first-order valence-corrected chi connectivity index (χ1v) is 3.43. The van der Waals surface area contributed by atoms with Crippen LogP contribution in [0, 0.1) is 0 Å². The summed E-state index contributed by atoms with van der Waals surface area (Å²) in [5, 5.41) is 35.5. The Hall–Kier alpha value is -0.200. The third kappa shape index (κ3) is 1.69. The minimum absolute atomic E-state index is 0.00287. The van der Waals surface area contributed by atoms with Crippen molar-refractivity contribution < 1.29 is 25.2 Å². The third-order valence-electron chi connectivity index (χ3n) is 1.76. The monoisotopic (exact) mass is 164 g/mol. The molecule has 0 spiro atoms. The molecule has 4 atom stereocenters. The lowest BCUT2D eigenvalue weighted by Crippen LogP contribution is -2.40. The van der Waals surface area contributed by atoms with Crippen LogP contribution in [0.15, 0.2) is 0 Å². The van der Waals surface area contributed by atoms with Crippen molar-refractivity contribution in [1.82, 2.24) is 0 Å². The molecule has 66 valence electrons. The summed E-state index contributed by atoms with van der Waals surface area (Å²) in [7, 11) is 0. The van der Waals surface area contributed by atoms with Crippen molar-refractivity contribution >= 4 is 0 Å². The largest absolute Gasteiger partial charge is 0.394 e. The van der Waals surface area contributed by atoms with E-state index in [9.17, 15) is 0 Å². The van der Waals surface area contributed by atoms with Crippen LogP contribution in [0.25, 0.3) is 0 Å². The SMILES string of the molecule is OC[C@@H](O)[C@H]1OC[C@@H](O)C1O. The molecule has 0 aliphatic carbocycles. The molecule has 1 rings (SSSR count). The fourth-order valence-corrected chi connectivity index (χ4v) is 1.07. The van der Waals surface area contributed by atoms with E-state index in [0.717, 1.165) is 0 Å². The quantitative estimate of drug-likeness (QED) is 0.361. The van der Waals surface area contributed by atoms with Gasteiger partial charge in [-0.25, -0.2) is 0 Å². The van der Waals surface area contributed by atoms with E-state index in [-0.39, 0.29) is 6.61 Å². The Morgan fingerprint density at radius 2 is 2.09 bits per heavy atom. The maximum absolute atomic E-state index is 9.11. The van der Waals surface area contributed by atoms with E-state index in [0.29, 0.717) is 0 Å². The van der Waals surface area contributed by atoms with Crippen molar-refractivity contribution in [2.24, 2.45) is 0 Å². The Balaban J connectivity index is 2.47. The van der Waals surface area contributed by atoms with Crippen LogP contribution in [0.4, 0.5) is 0 Å². The number of ether oxygens (including phenoxy) is 1. The van der Waals surface area contributed by atoms with Crippen molar-refractivity contribution in [3.05, 3.63) is 0 Å². The molecule has 1 aliphatic heterocycles. The third-order valence-corrected chi connectivity index (χ3v) is 1.76. The number of rotatable bonds is 2. The zero-order chi connectivity index (χ0) is 8.43. The van der Waals surface area contributed by atoms with Crippen molar-refractivity contribution in [3.63, 3.8) is 0 Å². The summed E-state index contributed by atoms with van der Waals surface area (Å²) in [6.07, 6.45) is -4.05. The Morgan fingerprint density at radius 3 is 2.45 bits per heavy atom. The number of aliphatic hydroxyl groups excluding tert-OH is 4. The summed E-state index contributed by atoms with van der Waals surface area (Å²) in [5.41, 5.74) is 0. The zero-order valence-electron chi connectivity index (χ0n) is 5.92. The summed E-state index contributed by atoms with van der Waals surface area (Å²) in [6, 6.07) is 0. The molecule has 1 fully saturated rings. The van der Waals surface area contributed by atoms with Gasteiger partial charge < -0.3 is 25.2 Å². The van der Waals surface area contributed by atoms with E-state index < -0.39 is 31.0 Å². The van der Waals surface area contributed by atoms with Crippen molar-refractivity contribution in [3.8, 4) is 0 Å². The Labute approximate surface area is 63.8 Å². The van der Waals surface area contributed by atoms with E-state index in [2.05, 4.69) is 0 Å². The fourth-order valence-electron chi connectivity index (χ4n) is 1.07. The van der Waals surface area contributed by atoms with Gasteiger partial charge in [0.1, 0.15) is 24.4 Å². The molecule has 0 bridgehead atoms. The van der Waals surface area contributed by atoms with E-state index in [1.807, 2.05) is 0 Å². The second-order valence-corrected chi connectivity index (χ2v) is 2.61. The average Bonchev–Trinajstić information content (AvgIpc) is 2.32. The van der Waals surface area contributed by atoms with Gasteiger partial charge in [0.15, 0.2) is 0 Å². The molecule has 1 heterocycles. The minimum Gasteiger partial charge on any atom is -0.394 e. The number of hydrogen-bond donors (Lipinski definition) is 4. The molecular formula is C6H12O5. The molecule has 1 saturated heterocycles. The highest BCUT2D eigenvalue weighted by molar-refractivity contribution is 4.87. The second-order valence-electron chi connectivity index (χ2n) is 2.61. The summed E-state index contributed by atoms with van der Waals surface area (Å²) < 4.78 is 4.82. The topological polar surface area (TPSA) is 90.2 Å². The minimum atomic E-state index is -1.12. The van der Waals surface area contributed by atoms with Gasteiger partial charge in [-0.05, 0) is 0 Å². The first kappa shape index (κ1) is 8.89. The highest BCUT2D eigenvalue weighted by atomic mass is 16.5. The highest BCUT2D eigenvalue weighted by Gasteiger charge is 2.38. The van der Waals surface area contributed by atoms with Crippen LogP contribution in [-0.4, -0.2) is 58.1 Å². The molecule has 0 amide bonds. The molecule has 1 unspecified atom stereocenters. The predicted molar refractivity (Wildman–Crippen MR) is 34.8 cm³/mol. The molecule has 11 heavy (non-hydrogen) atoms. The molecule has 0 saturated carbocycles. The van der Waals surface area contributed by atoms with Gasteiger partial charge in [-0.15, -0.1) is 0 Å². The van der Waals surface area contributed by atoms with Gasteiger partial charge >= 0.3 is 0 Å². The van der Waals surface area contributed by atoms with Crippen molar-refractivity contribution in [2.45, 2.75) is 24.4 Å². The maximum atomic E-state index is 9.11. The summed E-state index contributed by atoms with van der Waals surface area (Å²) in [4.78, 5) is 0. The maximum Gasteiger partial charge on any atom is 0.114 e. The van der Waals surface area contributed by atoms with Gasteiger partial charge in [0, 0.05) is 0 Å². The predicted octanol–water partition coefficient (Wildman–Crippen LogP) is -2.54. The van der Waals surface area contributed by atoms with E-state index in [1.165, 1.54) is 0 Å². The molecule has 0 aromatic heterocycles. The Kier molecular flexibility index (Phi) is 2.80. The number of aliphatic hydroxyl groups is 4. The van der Waals surface area contributed by atoms with Crippen LogP contribution < -0.4 is 0 Å². The van der Waals surface area contributed by atoms with Crippen LogP contribution in [-0.2, 0) is 4.74 Å². The molecule has 1 aliphatic rings. The summed E-state index contributed by atoms with van der Waals surface area (Å²) >= 11 is 0. The lowest BCUT2D eigenvalue weighted by Gasteiger charge is -2.18. The van der Waals surface area contributed by atoms with Gasteiger partial charge in [-0.1, -0.05) is 0 Å². The van der Waals surface area contributed by atoms with Gasteiger partial charge in [-0.3, -0.25) is 0 Å². The van der Waals surface area contributed by atoms with Gasteiger partial charge in [0.25, 0.3) is 0 Å². The molecule has 4 N–H and O–H groups in total. The molecular weight excluding hydrogens is 152 g/mol. The molecule has 0 radical (unpaired) electrons. The Morgan fingerprint density at radius 1 is 1.45 bits per heavy atom. The average molecular weight is 164 g/mol. The molecule has 0 aromatic rings. The van der Waals surface area contributed by atoms with Crippen LogP contribution in [0.2, 0.25) is 0 Å². The first-order chi connectivity index (χ1) is 5.16. The van der Waals surface area contributed by atoms with E-state index in [4.69, 9.17) is 25.2 Å². The normalized spacial score (nSPS) is 40.9. The van der Waals surface area contributed by atoms with E-state index >= 15 is 0 Å². The number of hydrogen-bond acceptors (Lipinski definition) is 5. The first-order valence-electron chi connectivity index (χ1n) is 3.43. The Bertz CT molecular complexity index is 128. The standard InChI is InChI=1S/C6H12O5/c7-1-3(8)6-5(10)4(9)2-11-6/h3-10H,1-2H2/t3-,4-,5?,6-/m1/s1. The fraction of sp³-hybridized carbons (Fsp3) is 1.00. The van der Waals surface area contributed by atoms with Crippen molar-refractivity contribution in [1.29, 1.82) is 0 Å². The van der Waals surface area contributed by atoms with Gasteiger partial charge in [0.2, 0.25) is 0 Å². The summed E-state index contributed by atoms with van der Waals surface area (Å²) in [6.45, 7) is -0.475. The summed E-state index contributed by atoms with van der Waals surface area (Å²) in [5.74, 6) is 0.